The van der Waals surface area contributed by atoms with Crippen molar-refractivity contribution >= 4 is 34.6 Å². The van der Waals surface area contributed by atoms with E-state index in [4.69, 9.17) is 4.74 Å². The molecule has 0 aromatic heterocycles. The molecule has 4 nitrogen and oxygen atoms in total. The monoisotopic (exact) mass is 432 g/mol. The third kappa shape index (κ3) is 5.05. The summed E-state index contributed by atoms with van der Waals surface area (Å²) in [4.78, 5) is 16.8. The van der Waals surface area contributed by atoms with Gasteiger partial charge in [0.05, 0.1) is 22.3 Å². The zero-order valence-electron chi connectivity index (χ0n) is 15.9. The zero-order chi connectivity index (χ0) is 21.1. The van der Waals surface area contributed by atoms with Crippen molar-refractivity contribution in [3.05, 3.63) is 64.6 Å². The van der Waals surface area contributed by atoms with Crippen LogP contribution in [0.4, 0.5) is 18.9 Å². The van der Waals surface area contributed by atoms with E-state index < -0.39 is 11.7 Å². The third-order valence-corrected chi connectivity index (χ3v) is 5.73. The molecular weight excluding hydrogens is 413 g/mol. The van der Waals surface area contributed by atoms with Crippen molar-refractivity contribution in [2.75, 3.05) is 0 Å². The molecule has 0 bridgehead atoms. The summed E-state index contributed by atoms with van der Waals surface area (Å²) in [5.74, 6) is 0.422. The highest BCUT2D eigenvalue weighted by molar-refractivity contribution is 8.18. The zero-order valence-corrected chi connectivity index (χ0v) is 16.7. The summed E-state index contributed by atoms with van der Waals surface area (Å²) in [7, 11) is 0. The van der Waals surface area contributed by atoms with Crippen LogP contribution in [-0.2, 0) is 11.0 Å². The first-order valence-corrected chi connectivity index (χ1v) is 10.4. The van der Waals surface area contributed by atoms with Crippen LogP contribution in [0.5, 0.6) is 5.75 Å². The minimum atomic E-state index is -4.45. The number of benzene rings is 2. The molecular formula is C22H19F3N2O2S. The van der Waals surface area contributed by atoms with E-state index in [-0.39, 0.29) is 22.9 Å². The quantitative estimate of drug-likeness (QED) is 0.611. The van der Waals surface area contributed by atoms with Crippen molar-refractivity contribution in [1.82, 2.24) is 5.32 Å². The van der Waals surface area contributed by atoms with E-state index in [0.717, 1.165) is 48.0 Å². The van der Waals surface area contributed by atoms with E-state index in [1.54, 1.807) is 6.08 Å². The maximum atomic E-state index is 12.9. The Bertz CT molecular complexity index is 1010. The third-order valence-electron chi connectivity index (χ3n) is 4.82. The van der Waals surface area contributed by atoms with Crippen LogP contribution >= 0.6 is 11.8 Å². The second-order valence-electron chi connectivity index (χ2n) is 7.13. The van der Waals surface area contributed by atoms with Crippen molar-refractivity contribution in [2.45, 2.75) is 38.0 Å². The van der Waals surface area contributed by atoms with Gasteiger partial charge in [-0.1, -0.05) is 18.2 Å². The lowest BCUT2D eigenvalue weighted by atomic mass is 10.2. The first-order valence-electron chi connectivity index (χ1n) is 9.60. The Morgan fingerprint density at radius 3 is 2.63 bits per heavy atom. The Labute approximate surface area is 176 Å². The number of carbonyl (C=O) groups excluding carboxylic acids is 1. The minimum Gasteiger partial charge on any atom is -0.490 e. The number of alkyl halides is 3. The number of carbonyl (C=O) groups is 1. The predicted molar refractivity (Wildman–Crippen MR) is 112 cm³/mol. The molecule has 2 aromatic carbocycles. The number of nitrogens with one attached hydrogen (secondary N) is 1. The summed E-state index contributed by atoms with van der Waals surface area (Å²) in [6.07, 6.45) is 1.98. The van der Waals surface area contributed by atoms with E-state index in [0.29, 0.717) is 4.91 Å². The molecule has 8 heteroatoms. The molecule has 1 amide bonds. The highest BCUT2D eigenvalue weighted by Gasteiger charge is 2.30. The number of nitrogens with zero attached hydrogens (tertiary/aromatic N) is 1. The van der Waals surface area contributed by atoms with Crippen LogP contribution in [-0.4, -0.2) is 17.2 Å². The smallest absolute Gasteiger partial charge is 0.416 e. The predicted octanol–water partition coefficient (Wildman–Crippen LogP) is 5.92. The number of amidine groups is 1. The van der Waals surface area contributed by atoms with Gasteiger partial charge < -0.3 is 10.1 Å². The summed E-state index contributed by atoms with van der Waals surface area (Å²) in [6.45, 7) is 0. The van der Waals surface area contributed by atoms with E-state index in [1.807, 2.05) is 24.3 Å². The second-order valence-corrected chi connectivity index (χ2v) is 8.16. The minimum absolute atomic E-state index is 0.126. The van der Waals surface area contributed by atoms with Crippen LogP contribution in [0.2, 0.25) is 0 Å². The normalized spacial score (nSPS) is 20.2. The molecule has 1 heterocycles. The Kier molecular flexibility index (Phi) is 5.85. The van der Waals surface area contributed by atoms with Gasteiger partial charge in [0.2, 0.25) is 0 Å². The maximum absolute atomic E-state index is 12.9. The van der Waals surface area contributed by atoms with Gasteiger partial charge in [0, 0.05) is 0 Å². The summed E-state index contributed by atoms with van der Waals surface area (Å²) < 4.78 is 44.6. The van der Waals surface area contributed by atoms with Crippen LogP contribution in [0, 0.1) is 0 Å². The molecule has 0 spiro atoms. The fourth-order valence-electron chi connectivity index (χ4n) is 3.38. The largest absolute Gasteiger partial charge is 0.490 e. The number of rotatable bonds is 4. The first kappa shape index (κ1) is 20.5. The van der Waals surface area contributed by atoms with Gasteiger partial charge in [-0.15, -0.1) is 0 Å². The topological polar surface area (TPSA) is 50.7 Å². The number of aliphatic imine (C=N–C) groups is 1. The van der Waals surface area contributed by atoms with Gasteiger partial charge in [0.15, 0.2) is 5.17 Å². The van der Waals surface area contributed by atoms with Crippen molar-refractivity contribution in [1.29, 1.82) is 0 Å². The number of amides is 1. The number of hydrogen-bond donors (Lipinski definition) is 1. The molecule has 2 fully saturated rings. The van der Waals surface area contributed by atoms with Gasteiger partial charge in [0.25, 0.3) is 5.91 Å². The van der Waals surface area contributed by atoms with E-state index in [1.165, 1.54) is 25.0 Å². The molecule has 1 aliphatic carbocycles. The van der Waals surface area contributed by atoms with Crippen molar-refractivity contribution < 1.29 is 22.7 Å². The van der Waals surface area contributed by atoms with E-state index in [2.05, 4.69) is 10.3 Å². The summed E-state index contributed by atoms with van der Waals surface area (Å²) in [6, 6.07) is 12.2. The van der Waals surface area contributed by atoms with Crippen LogP contribution in [0.3, 0.4) is 0 Å². The Balaban J connectivity index is 1.50. The van der Waals surface area contributed by atoms with Crippen LogP contribution in [0.25, 0.3) is 6.08 Å². The molecule has 4 rings (SSSR count). The molecule has 0 radical (unpaired) electrons. The molecule has 156 valence electrons. The lowest BCUT2D eigenvalue weighted by Crippen LogP contribution is -2.19. The molecule has 1 aliphatic heterocycles. The summed E-state index contributed by atoms with van der Waals surface area (Å²) in [5, 5.41) is 2.84. The maximum Gasteiger partial charge on any atom is 0.416 e. The van der Waals surface area contributed by atoms with Crippen LogP contribution in [0.15, 0.2) is 58.4 Å². The number of ether oxygens (including phenoxy) is 1. The highest BCUT2D eigenvalue weighted by atomic mass is 32.2. The number of thioether (sulfide) groups is 1. The molecule has 2 aromatic rings. The van der Waals surface area contributed by atoms with Crippen molar-refractivity contribution in [3.8, 4) is 5.75 Å². The second kappa shape index (κ2) is 8.55. The fraction of sp³-hybridized carbons (Fsp3) is 0.273. The Morgan fingerprint density at radius 2 is 1.87 bits per heavy atom. The number of hydrogen-bond acceptors (Lipinski definition) is 4. The van der Waals surface area contributed by atoms with Gasteiger partial charge >= 0.3 is 6.18 Å². The molecule has 0 unspecified atom stereocenters. The molecule has 2 aliphatic rings. The average molecular weight is 432 g/mol. The molecule has 1 N–H and O–H groups in total. The van der Waals surface area contributed by atoms with Gasteiger partial charge in [-0.25, -0.2) is 4.99 Å². The van der Waals surface area contributed by atoms with Gasteiger partial charge in [-0.2, -0.15) is 13.2 Å². The number of halogens is 3. The van der Waals surface area contributed by atoms with Crippen molar-refractivity contribution in [3.63, 3.8) is 0 Å². The fourth-order valence-corrected chi connectivity index (χ4v) is 4.22. The van der Waals surface area contributed by atoms with Crippen LogP contribution < -0.4 is 10.1 Å². The van der Waals surface area contributed by atoms with E-state index in [9.17, 15) is 18.0 Å². The van der Waals surface area contributed by atoms with Gasteiger partial charge in [-0.05, 0) is 79.4 Å². The molecule has 1 saturated carbocycles. The van der Waals surface area contributed by atoms with Gasteiger partial charge in [0.1, 0.15) is 5.75 Å². The summed E-state index contributed by atoms with van der Waals surface area (Å²) in [5.41, 5.74) is 0.151. The standard InChI is InChI=1S/C22H19F3N2O2S/c23-22(24,25)15-6-4-7-16(13-15)26-21-27-20(28)19(30-21)12-14-5-3-10-18(11-14)29-17-8-1-2-9-17/h3-7,10-13,17H,1-2,8-9H2,(H,26,27,28)/b19-12-. The lowest BCUT2D eigenvalue weighted by molar-refractivity contribution is -0.137. The Morgan fingerprint density at radius 1 is 1.10 bits per heavy atom. The SMILES string of the molecule is O=C1NC(=Nc2cccc(C(F)(F)F)c2)S/C1=C\c1cccc(OC2CCCC2)c1. The van der Waals surface area contributed by atoms with Crippen molar-refractivity contribution in [2.24, 2.45) is 4.99 Å². The summed E-state index contributed by atoms with van der Waals surface area (Å²) >= 11 is 1.09. The lowest BCUT2D eigenvalue weighted by Gasteiger charge is -2.13. The highest BCUT2D eigenvalue weighted by Crippen LogP contribution is 2.33. The van der Waals surface area contributed by atoms with Gasteiger partial charge in [-0.3, -0.25) is 4.79 Å². The first-order chi connectivity index (χ1) is 14.4. The molecule has 30 heavy (non-hydrogen) atoms. The average Bonchev–Trinajstić information content (AvgIpc) is 3.32. The molecule has 1 saturated heterocycles. The Hall–Kier alpha value is -2.74. The molecule has 0 atom stereocenters. The van der Waals surface area contributed by atoms with E-state index >= 15 is 0 Å². The van der Waals surface area contributed by atoms with Crippen LogP contribution in [0.1, 0.15) is 36.8 Å².